The molecule has 2 aromatic rings. The summed E-state index contributed by atoms with van der Waals surface area (Å²) in [5, 5.41) is 2.65. The highest BCUT2D eigenvalue weighted by Crippen LogP contribution is 2.21. The number of primary amides is 1. The molecule has 0 aliphatic carbocycles. The molecule has 0 saturated carbocycles. The summed E-state index contributed by atoms with van der Waals surface area (Å²) in [4.78, 5) is 40.5. The summed E-state index contributed by atoms with van der Waals surface area (Å²) < 4.78 is 8.11. The van der Waals surface area contributed by atoms with Gasteiger partial charge in [-0.25, -0.2) is 14.2 Å². The minimum absolute atomic E-state index is 0.429. The predicted molar refractivity (Wildman–Crippen MR) is 115 cm³/mol. The fraction of sp³-hybridized carbons (Fsp3) is 0.571. The Hall–Kier alpha value is -2.65. The minimum atomic E-state index is -0.909. The van der Waals surface area contributed by atoms with E-state index in [1.165, 1.54) is 0 Å². The molecule has 0 spiro atoms. The van der Waals surface area contributed by atoms with E-state index in [0.717, 1.165) is 28.7 Å². The van der Waals surface area contributed by atoms with Crippen molar-refractivity contribution < 1.29 is 14.3 Å². The number of fused-ring (bicyclic) bond motifs is 1. The lowest BCUT2D eigenvalue weighted by Gasteiger charge is -2.28. The molecule has 9 heteroatoms. The SMILES string of the molecule is Cc1cccc2c1n(CCN1CCOCC1)c(=O)n2C(=O)N[C@H](C(N)=O)C(C)(C)C. The van der Waals surface area contributed by atoms with Gasteiger partial charge in [0.15, 0.2) is 0 Å². The number of morpholine rings is 1. The maximum atomic E-state index is 13.3. The molecule has 0 bridgehead atoms. The number of imidazole rings is 1. The molecule has 3 N–H and O–H groups in total. The summed E-state index contributed by atoms with van der Waals surface area (Å²) in [7, 11) is 0. The third-order valence-electron chi connectivity index (χ3n) is 5.51. The van der Waals surface area contributed by atoms with E-state index in [2.05, 4.69) is 10.2 Å². The molecule has 1 aliphatic heterocycles. The van der Waals surface area contributed by atoms with Crippen molar-refractivity contribution in [2.24, 2.45) is 11.1 Å². The number of rotatable bonds is 5. The molecule has 30 heavy (non-hydrogen) atoms. The normalized spacial score (nSPS) is 16.5. The van der Waals surface area contributed by atoms with Gasteiger partial charge >= 0.3 is 11.7 Å². The highest BCUT2D eigenvalue weighted by atomic mass is 16.5. The minimum Gasteiger partial charge on any atom is -0.379 e. The number of carbonyl (C=O) groups is 2. The Labute approximate surface area is 175 Å². The van der Waals surface area contributed by atoms with Crippen LogP contribution in [-0.4, -0.2) is 64.9 Å². The van der Waals surface area contributed by atoms with E-state index in [1.54, 1.807) is 31.4 Å². The van der Waals surface area contributed by atoms with E-state index in [4.69, 9.17) is 10.5 Å². The van der Waals surface area contributed by atoms with E-state index in [-0.39, 0.29) is 0 Å². The van der Waals surface area contributed by atoms with Crippen LogP contribution in [0.5, 0.6) is 0 Å². The summed E-state index contributed by atoms with van der Waals surface area (Å²) >= 11 is 0. The van der Waals surface area contributed by atoms with Crippen LogP contribution in [0.25, 0.3) is 11.0 Å². The van der Waals surface area contributed by atoms with Gasteiger partial charge in [0.05, 0.1) is 24.2 Å². The molecule has 1 saturated heterocycles. The number of aryl methyl sites for hydroxylation is 1. The third-order valence-corrected chi connectivity index (χ3v) is 5.51. The topological polar surface area (TPSA) is 112 Å². The fourth-order valence-corrected chi connectivity index (χ4v) is 3.87. The maximum Gasteiger partial charge on any atom is 0.337 e. The van der Waals surface area contributed by atoms with Crippen molar-refractivity contribution in [3.05, 3.63) is 34.2 Å². The summed E-state index contributed by atoms with van der Waals surface area (Å²) in [5.74, 6) is -0.642. The Bertz CT molecular complexity index is 995. The van der Waals surface area contributed by atoms with Gasteiger partial charge in [0.1, 0.15) is 6.04 Å². The van der Waals surface area contributed by atoms with E-state index in [1.807, 2.05) is 19.1 Å². The van der Waals surface area contributed by atoms with Gasteiger partial charge in [-0.3, -0.25) is 14.3 Å². The van der Waals surface area contributed by atoms with E-state index in [0.29, 0.717) is 31.8 Å². The molecule has 1 aromatic heterocycles. The zero-order valence-corrected chi connectivity index (χ0v) is 18.1. The molecule has 9 nitrogen and oxygen atoms in total. The Balaban J connectivity index is 1.97. The van der Waals surface area contributed by atoms with Crippen LogP contribution in [0.15, 0.2) is 23.0 Å². The van der Waals surface area contributed by atoms with Crippen LogP contribution in [-0.2, 0) is 16.1 Å². The highest BCUT2D eigenvalue weighted by Gasteiger charge is 2.32. The van der Waals surface area contributed by atoms with Gasteiger partial charge in [-0.1, -0.05) is 32.9 Å². The van der Waals surface area contributed by atoms with E-state index in [9.17, 15) is 14.4 Å². The molecule has 1 fully saturated rings. The lowest BCUT2D eigenvalue weighted by molar-refractivity contribution is -0.122. The maximum absolute atomic E-state index is 13.3. The second kappa shape index (κ2) is 8.61. The van der Waals surface area contributed by atoms with Gasteiger partial charge in [0.25, 0.3) is 0 Å². The molecule has 3 rings (SSSR count). The highest BCUT2D eigenvalue weighted by molar-refractivity contribution is 5.93. The molecule has 1 aromatic carbocycles. The first-order valence-electron chi connectivity index (χ1n) is 10.2. The molecule has 2 heterocycles. The van der Waals surface area contributed by atoms with Gasteiger partial charge in [0, 0.05) is 26.2 Å². The number of amides is 2. The first-order valence-corrected chi connectivity index (χ1v) is 10.2. The number of hydrogen-bond donors (Lipinski definition) is 2. The van der Waals surface area contributed by atoms with Crippen molar-refractivity contribution in [1.82, 2.24) is 19.4 Å². The molecular formula is C21H31N5O4. The zero-order valence-electron chi connectivity index (χ0n) is 18.1. The monoisotopic (exact) mass is 417 g/mol. The molecule has 2 amide bonds. The van der Waals surface area contributed by atoms with Crippen molar-refractivity contribution >= 4 is 23.0 Å². The zero-order chi connectivity index (χ0) is 22.1. The quantitative estimate of drug-likeness (QED) is 0.751. The van der Waals surface area contributed by atoms with Crippen molar-refractivity contribution in [1.29, 1.82) is 0 Å². The number of hydrogen-bond acceptors (Lipinski definition) is 5. The van der Waals surface area contributed by atoms with E-state index >= 15 is 0 Å². The number of para-hydroxylation sites is 1. The van der Waals surface area contributed by atoms with Gasteiger partial charge in [-0.2, -0.15) is 0 Å². The summed E-state index contributed by atoms with van der Waals surface area (Å²) in [5.41, 5.74) is 6.62. The summed E-state index contributed by atoms with van der Waals surface area (Å²) in [6.07, 6.45) is 0. The van der Waals surface area contributed by atoms with Crippen LogP contribution in [0.2, 0.25) is 0 Å². The number of benzene rings is 1. The standard InChI is InChI=1S/C21H31N5O4/c1-14-6-5-7-15-16(14)25(9-8-24-10-12-30-13-11-24)20(29)26(15)19(28)23-17(18(22)27)21(2,3)4/h5-7,17H,8-13H2,1-4H3,(H2,22,27)(H,23,28)/t17-/m1/s1. The van der Waals surface area contributed by atoms with Gasteiger partial charge in [-0.05, 0) is 24.0 Å². The summed E-state index contributed by atoms with van der Waals surface area (Å²) in [6, 6.07) is 3.90. The number of nitrogens with one attached hydrogen (secondary N) is 1. The van der Waals surface area contributed by atoms with Crippen LogP contribution < -0.4 is 16.7 Å². The number of ether oxygens (including phenoxy) is 1. The smallest absolute Gasteiger partial charge is 0.337 e. The lowest BCUT2D eigenvalue weighted by atomic mass is 9.86. The molecule has 164 valence electrons. The van der Waals surface area contributed by atoms with Gasteiger partial charge in [0.2, 0.25) is 5.91 Å². The number of carbonyl (C=O) groups excluding carboxylic acids is 2. The number of aromatic nitrogens is 2. The number of nitrogens with zero attached hydrogens (tertiary/aromatic N) is 3. The third kappa shape index (κ3) is 4.41. The average molecular weight is 418 g/mol. The van der Waals surface area contributed by atoms with Crippen molar-refractivity contribution in [3.8, 4) is 0 Å². The second-order valence-electron chi connectivity index (χ2n) is 8.82. The van der Waals surface area contributed by atoms with Crippen molar-refractivity contribution in [3.63, 3.8) is 0 Å². The van der Waals surface area contributed by atoms with Crippen LogP contribution in [0.1, 0.15) is 26.3 Å². The molecule has 1 atom stereocenters. The van der Waals surface area contributed by atoms with Gasteiger partial charge < -0.3 is 15.8 Å². The molecular weight excluding hydrogens is 386 g/mol. The first kappa shape index (κ1) is 22.0. The lowest BCUT2D eigenvalue weighted by Crippen LogP contribution is -2.54. The number of nitrogens with two attached hydrogens (primary N) is 1. The Morgan fingerprint density at radius 3 is 2.47 bits per heavy atom. The fourth-order valence-electron chi connectivity index (χ4n) is 3.87. The Morgan fingerprint density at radius 1 is 1.20 bits per heavy atom. The van der Waals surface area contributed by atoms with Crippen LogP contribution in [0.3, 0.4) is 0 Å². The average Bonchev–Trinajstić information content (AvgIpc) is 2.96. The van der Waals surface area contributed by atoms with Crippen molar-refractivity contribution in [2.75, 3.05) is 32.8 Å². The predicted octanol–water partition coefficient (Wildman–Crippen LogP) is 0.901. The first-order chi connectivity index (χ1) is 14.1. The summed E-state index contributed by atoms with van der Waals surface area (Å²) in [6.45, 7) is 11.5. The molecule has 1 aliphatic rings. The molecule has 0 unspecified atom stereocenters. The second-order valence-corrected chi connectivity index (χ2v) is 8.82. The Kier molecular flexibility index (Phi) is 6.33. The van der Waals surface area contributed by atoms with Gasteiger partial charge in [-0.15, -0.1) is 0 Å². The largest absolute Gasteiger partial charge is 0.379 e. The van der Waals surface area contributed by atoms with Crippen LogP contribution >= 0.6 is 0 Å². The van der Waals surface area contributed by atoms with Crippen LogP contribution in [0.4, 0.5) is 4.79 Å². The van der Waals surface area contributed by atoms with E-state index < -0.39 is 29.1 Å². The van der Waals surface area contributed by atoms with Crippen molar-refractivity contribution in [2.45, 2.75) is 40.3 Å². The Morgan fingerprint density at radius 2 is 1.87 bits per heavy atom. The molecule has 0 radical (unpaired) electrons. The van der Waals surface area contributed by atoms with Crippen LogP contribution in [0, 0.1) is 12.3 Å².